The summed E-state index contributed by atoms with van der Waals surface area (Å²) in [6.07, 6.45) is 1.20. The molecule has 2 rings (SSSR count). The largest absolute Gasteiger partial charge is 0.306 e. The summed E-state index contributed by atoms with van der Waals surface area (Å²) in [5.41, 5.74) is 1.06. The lowest BCUT2D eigenvalue weighted by Crippen LogP contribution is -2.13. The number of likely N-dealkylation sites (tertiary alicyclic amines) is 1. The van der Waals surface area contributed by atoms with E-state index in [1.165, 1.54) is 16.3 Å². The van der Waals surface area contributed by atoms with E-state index in [4.69, 9.17) is 4.98 Å². The Morgan fingerprint density at radius 1 is 1.50 bits per heavy atom. The first-order valence-corrected chi connectivity index (χ1v) is 7.40. The van der Waals surface area contributed by atoms with Gasteiger partial charge in [0.2, 0.25) is 0 Å². The van der Waals surface area contributed by atoms with Gasteiger partial charge in [0.25, 0.3) is 0 Å². The van der Waals surface area contributed by atoms with Crippen molar-refractivity contribution in [3.63, 3.8) is 0 Å². The Morgan fingerprint density at radius 2 is 2.22 bits per heavy atom. The molecule has 18 heavy (non-hydrogen) atoms. The van der Waals surface area contributed by atoms with E-state index < -0.39 is 0 Å². The summed E-state index contributed by atoms with van der Waals surface area (Å²) < 4.78 is 0. The molecule has 1 aliphatic heterocycles. The Kier molecular flexibility index (Phi) is 4.04. The van der Waals surface area contributed by atoms with Gasteiger partial charge < -0.3 is 4.90 Å². The van der Waals surface area contributed by atoms with Crippen LogP contribution in [0.15, 0.2) is 0 Å². The standard InChI is InChI=1S/C14H21N3S/c1-9(2)12(7-15)13-10(3)16-14(18-13)11-5-6-17(4)8-11/h9,11-12H,5-6,8H2,1-4H3. The quantitative estimate of drug-likeness (QED) is 0.841. The second-order valence-corrected chi connectivity index (χ2v) is 6.66. The van der Waals surface area contributed by atoms with Crippen molar-refractivity contribution in [1.82, 2.24) is 9.88 Å². The van der Waals surface area contributed by atoms with Gasteiger partial charge in [0.15, 0.2) is 0 Å². The molecule has 4 heteroatoms. The lowest BCUT2D eigenvalue weighted by atomic mass is 9.95. The van der Waals surface area contributed by atoms with Crippen LogP contribution in [0, 0.1) is 24.2 Å². The molecule has 2 unspecified atom stereocenters. The number of rotatable bonds is 3. The van der Waals surface area contributed by atoms with Gasteiger partial charge in [-0.25, -0.2) is 4.98 Å². The third kappa shape index (κ3) is 2.57. The lowest BCUT2D eigenvalue weighted by Gasteiger charge is -2.11. The topological polar surface area (TPSA) is 39.9 Å². The van der Waals surface area contributed by atoms with Crippen molar-refractivity contribution in [1.29, 1.82) is 5.26 Å². The highest BCUT2D eigenvalue weighted by atomic mass is 32.1. The number of nitriles is 1. The van der Waals surface area contributed by atoms with E-state index in [0.717, 1.165) is 18.8 Å². The van der Waals surface area contributed by atoms with Gasteiger partial charge in [-0.15, -0.1) is 11.3 Å². The first-order chi connectivity index (χ1) is 8.52. The average molecular weight is 263 g/mol. The highest BCUT2D eigenvalue weighted by Gasteiger charge is 2.27. The summed E-state index contributed by atoms with van der Waals surface area (Å²) in [4.78, 5) is 8.25. The zero-order chi connectivity index (χ0) is 13.3. The van der Waals surface area contributed by atoms with Crippen molar-refractivity contribution in [2.75, 3.05) is 20.1 Å². The molecule has 1 aliphatic rings. The van der Waals surface area contributed by atoms with Gasteiger partial charge in [0, 0.05) is 17.3 Å². The van der Waals surface area contributed by atoms with E-state index in [-0.39, 0.29) is 5.92 Å². The number of nitrogens with zero attached hydrogens (tertiary/aromatic N) is 3. The third-order valence-electron chi connectivity index (χ3n) is 3.68. The number of aryl methyl sites for hydroxylation is 1. The molecule has 0 aromatic carbocycles. The fourth-order valence-corrected chi connectivity index (χ4v) is 3.95. The van der Waals surface area contributed by atoms with Crippen molar-refractivity contribution in [3.05, 3.63) is 15.6 Å². The van der Waals surface area contributed by atoms with Crippen LogP contribution in [-0.4, -0.2) is 30.0 Å². The molecule has 1 aromatic heterocycles. The highest BCUT2D eigenvalue weighted by molar-refractivity contribution is 7.12. The molecular weight excluding hydrogens is 242 g/mol. The van der Waals surface area contributed by atoms with E-state index in [9.17, 15) is 5.26 Å². The zero-order valence-electron chi connectivity index (χ0n) is 11.6. The van der Waals surface area contributed by atoms with E-state index in [0.29, 0.717) is 11.8 Å². The van der Waals surface area contributed by atoms with Gasteiger partial charge >= 0.3 is 0 Å². The highest BCUT2D eigenvalue weighted by Crippen LogP contribution is 2.36. The molecule has 3 nitrogen and oxygen atoms in total. The first-order valence-electron chi connectivity index (χ1n) is 6.58. The second kappa shape index (κ2) is 5.38. The molecule has 1 saturated heterocycles. The van der Waals surface area contributed by atoms with Gasteiger partial charge in [-0.2, -0.15) is 5.26 Å². The van der Waals surface area contributed by atoms with Crippen LogP contribution in [0.25, 0.3) is 0 Å². The Morgan fingerprint density at radius 3 is 2.72 bits per heavy atom. The van der Waals surface area contributed by atoms with E-state index in [1.54, 1.807) is 11.3 Å². The van der Waals surface area contributed by atoms with E-state index in [2.05, 4.69) is 31.9 Å². The molecule has 0 N–H and O–H groups in total. The lowest BCUT2D eigenvalue weighted by molar-refractivity contribution is 0.411. The van der Waals surface area contributed by atoms with Gasteiger partial charge in [-0.05, 0) is 32.9 Å². The minimum absolute atomic E-state index is 0.00428. The second-order valence-electron chi connectivity index (χ2n) is 5.60. The summed E-state index contributed by atoms with van der Waals surface area (Å²) in [7, 11) is 2.16. The molecule has 1 aromatic rings. The minimum Gasteiger partial charge on any atom is -0.306 e. The fraction of sp³-hybridized carbons (Fsp3) is 0.714. The van der Waals surface area contributed by atoms with Crippen LogP contribution >= 0.6 is 11.3 Å². The first kappa shape index (κ1) is 13.5. The Bertz CT molecular complexity index is 458. The number of aromatic nitrogens is 1. The Balaban J connectivity index is 2.24. The molecule has 0 amide bonds. The summed E-state index contributed by atoms with van der Waals surface area (Å²) in [5.74, 6) is 0.919. The Labute approximate surface area is 113 Å². The smallest absolute Gasteiger partial charge is 0.0975 e. The van der Waals surface area contributed by atoms with Crippen LogP contribution in [0.3, 0.4) is 0 Å². The predicted octanol–water partition coefficient (Wildman–Crippen LogP) is 3.13. The maximum Gasteiger partial charge on any atom is 0.0975 e. The van der Waals surface area contributed by atoms with Gasteiger partial charge in [-0.1, -0.05) is 13.8 Å². The molecule has 1 fully saturated rings. The SMILES string of the molecule is Cc1nc(C2CCN(C)C2)sc1C(C#N)C(C)C. The molecule has 0 bridgehead atoms. The van der Waals surface area contributed by atoms with Crippen molar-refractivity contribution < 1.29 is 0 Å². The zero-order valence-corrected chi connectivity index (χ0v) is 12.4. The van der Waals surface area contributed by atoms with Crippen molar-refractivity contribution in [2.24, 2.45) is 5.92 Å². The van der Waals surface area contributed by atoms with Crippen molar-refractivity contribution >= 4 is 11.3 Å². The number of likely N-dealkylation sites (N-methyl/N-ethyl adjacent to an activating group) is 1. The Hall–Kier alpha value is -0.920. The third-order valence-corrected chi connectivity index (χ3v) is 5.08. The molecular formula is C14H21N3S. The molecule has 98 valence electrons. The summed E-state index contributed by atoms with van der Waals surface area (Å²) in [6.45, 7) is 8.52. The van der Waals surface area contributed by atoms with Crippen molar-refractivity contribution in [2.45, 2.75) is 39.0 Å². The summed E-state index contributed by atoms with van der Waals surface area (Å²) >= 11 is 1.76. The van der Waals surface area contributed by atoms with Crippen LogP contribution in [0.5, 0.6) is 0 Å². The van der Waals surface area contributed by atoms with Crippen molar-refractivity contribution in [3.8, 4) is 6.07 Å². The van der Waals surface area contributed by atoms with E-state index in [1.807, 2.05) is 6.92 Å². The van der Waals surface area contributed by atoms with Crippen LogP contribution < -0.4 is 0 Å². The summed E-state index contributed by atoms with van der Waals surface area (Å²) in [5, 5.41) is 10.5. The molecule has 2 heterocycles. The molecule has 0 saturated carbocycles. The maximum absolute atomic E-state index is 9.31. The predicted molar refractivity (Wildman–Crippen MR) is 74.9 cm³/mol. The number of hydrogen-bond acceptors (Lipinski definition) is 4. The molecule has 2 atom stereocenters. The fourth-order valence-electron chi connectivity index (χ4n) is 2.54. The molecule has 0 spiro atoms. The van der Waals surface area contributed by atoms with Crippen LogP contribution in [0.1, 0.15) is 47.7 Å². The van der Waals surface area contributed by atoms with Gasteiger partial charge in [-0.3, -0.25) is 0 Å². The molecule has 0 radical (unpaired) electrons. The normalized spacial score (nSPS) is 22.3. The number of hydrogen-bond donors (Lipinski definition) is 0. The van der Waals surface area contributed by atoms with Gasteiger partial charge in [0.05, 0.1) is 22.7 Å². The molecule has 0 aliphatic carbocycles. The van der Waals surface area contributed by atoms with E-state index >= 15 is 0 Å². The average Bonchev–Trinajstić information content (AvgIpc) is 2.87. The van der Waals surface area contributed by atoms with Crippen LogP contribution in [0.2, 0.25) is 0 Å². The van der Waals surface area contributed by atoms with Gasteiger partial charge in [0.1, 0.15) is 0 Å². The minimum atomic E-state index is -0.00428. The summed E-state index contributed by atoms with van der Waals surface area (Å²) in [6, 6.07) is 2.43. The van der Waals surface area contributed by atoms with Crippen LogP contribution in [-0.2, 0) is 0 Å². The monoisotopic (exact) mass is 263 g/mol. The maximum atomic E-state index is 9.31. The number of thiazole rings is 1. The van der Waals surface area contributed by atoms with Crippen LogP contribution in [0.4, 0.5) is 0 Å².